The number of ketones is 1. The monoisotopic (exact) mass is 410 g/mol. The minimum absolute atomic E-state index is 0.0131. The van der Waals surface area contributed by atoms with Gasteiger partial charge in [0.25, 0.3) is 0 Å². The first kappa shape index (κ1) is 19.3. The van der Waals surface area contributed by atoms with Crippen molar-refractivity contribution in [3.05, 3.63) is 29.1 Å². The highest BCUT2D eigenvalue weighted by Gasteiger charge is 2.51. The molecule has 0 radical (unpaired) electrons. The fourth-order valence-electron chi connectivity index (χ4n) is 7.88. The third-order valence-electron chi connectivity index (χ3n) is 9.06. The average Bonchev–Trinajstić information content (AvgIpc) is 3.57. The molecule has 4 bridgehead atoms. The Bertz CT molecular complexity index is 798. The topological polar surface area (TPSA) is 26.3 Å². The van der Waals surface area contributed by atoms with Crippen LogP contribution < -0.4 is 4.74 Å². The van der Waals surface area contributed by atoms with Crippen molar-refractivity contribution >= 4 is 5.78 Å². The van der Waals surface area contributed by atoms with Gasteiger partial charge in [-0.1, -0.05) is 19.3 Å². The third kappa shape index (κ3) is 3.50. The summed E-state index contributed by atoms with van der Waals surface area (Å²) in [5.74, 6) is 3.55. The highest BCUT2D eigenvalue weighted by atomic mass is 19.1. The molecule has 0 heterocycles. The van der Waals surface area contributed by atoms with Crippen LogP contribution in [0, 0.1) is 34.9 Å². The van der Waals surface area contributed by atoms with Crippen LogP contribution in [0.4, 0.5) is 4.39 Å². The normalized spacial score (nSPS) is 35.6. The lowest BCUT2D eigenvalue weighted by Gasteiger charge is -2.56. The van der Waals surface area contributed by atoms with E-state index in [4.69, 9.17) is 4.74 Å². The minimum Gasteiger partial charge on any atom is -0.493 e. The summed E-state index contributed by atoms with van der Waals surface area (Å²) in [7, 11) is 0. The number of hydrogen-bond donors (Lipinski definition) is 0. The highest BCUT2D eigenvalue weighted by molar-refractivity contribution is 5.98. The Hall–Kier alpha value is -1.38. The van der Waals surface area contributed by atoms with Gasteiger partial charge in [-0.15, -0.1) is 0 Å². The van der Waals surface area contributed by atoms with E-state index in [0.29, 0.717) is 16.9 Å². The molecule has 0 saturated heterocycles. The van der Waals surface area contributed by atoms with Gasteiger partial charge in [0, 0.05) is 17.4 Å². The summed E-state index contributed by atoms with van der Waals surface area (Å²) in [5.41, 5.74) is 1.74. The van der Waals surface area contributed by atoms with Crippen LogP contribution in [0.3, 0.4) is 0 Å². The molecule has 0 amide bonds. The van der Waals surface area contributed by atoms with Crippen molar-refractivity contribution in [1.82, 2.24) is 0 Å². The van der Waals surface area contributed by atoms with Gasteiger partial charge in [-0.3, -0.25) is 4.79 Å². The number of ether oxygens (including phenoxy) is 1. The second kappa shape index (κ2) is 7.35. The zero-order chi connectivity index (χ0) is 20.3. The molecular formula is C27H35FO2. The Labute approximate surface area is 180 Å². The lowest BCUT2D eigenvalue weighted by molar-refractivity contribution is -0.0747. The molecule has 6 fully saturated rings. The smallest absolute Gasteiger partial charge is 0.168 e. The molecule has 2 nitrogen and oxygen atoms in total. The molecule has 0 spiro atoms. The summed E-state index contributed by atoms with van der Waals surface area (Å²) < 4.78 is 21.5. The molecule has 0 atom stereocenters. The fraction of sp³-hybridized carbons (Fsp3) is 0.741. The zero-order valence-corrected chi connectivity index (χ0v) is 18.1. The number of benzene rings is 1. The fourth-order valence-corrected chi connectivity index (χ4v) is 7.88. The SMILES string of the molecule is O=C(c1cc(C2CC2)c(OCC23CC4CC(CC(C4)C2)C3)cc1F)C1CCCCC1. The van der Waals surface area contributed by atoms with Crippen LogP contribution in [0.5, 0.6) is 5.75 Å². The molecule has 162 valence electrons. The quantitative estimate of drug-likeness (QED) is 0.469. The van der Waals surface area contributed by atoms with Gasteiger partial charge in [-0.25, -0.2) is 4.39 Å². The molecule has 0 aromatic heterocycles. The molecule has 3 heteroatoms. The molecule has 1 aromatic rings. The first-order valence-electron chi connectivity index (χ1n) is 12.6. The summed E-state index contributed by atoms with van der Waals surface area (Å²) in [4.78, 5) is 13.0. The molecular weight excluding hydrogens is 375 g/mol. The van der Waals surface area contributed by atoms with Crippen molar-refractivity contribution < 1.29 is 13.9 Å². The van der Waals surface area contributed by atoms with E-state index < -0.39 is 0 Å². The van der Waals surface area contributed by atoms with E-state index in [9.17, 15) is 4.79 Å². The Morgan fingerprint density at radius 2 is 1.57 bits per heavy atom. The second-order valence-electron chi connectivity index (χ2n) is 11.5. The summed E-state index contributed by atoms with van der Waals surface area (Å²) in [6.07, 6.45) is 15.7. The van der Waals surface area contributed by atoms with Crippen molar-refractivity contribution in [2.75, 3.05) is 6.61 Å². The zero-order valence-electron chi connectivity index (χ0n) is 18.1. The molecule has 6 aliphatic carbocycles. The van der Waals surface area contributed by atoms with Gasteiger partial charge >= 0.3 is 0 Å². The maximum atomic E-state index is 15.1. The standard InChI is InChI=1S/C27H35FO2/c28-24-12-25(30-16-27-13-17-8-18(14-27)10-19(9-17)15-27)22(20-6-7-20)11-23(24)26(29)21-4-2-1-3-5-21/h11-12,17-21H,1-10,13-16H2. The molecule has 7 rings (SSSR count). The first-order chi connectivity index (χ1) is 14.6. The third-order valence-corrected chi connectivity index (χ3v) is 9.06. The predicted octanol–water partition coefficient (Wildman–Crippen LogP) is 7.06. The maximum Gasteiger partial charge on any atom is 0.168 e. The number of carbonyl (C=O) groups is 1. The van der Waals surface area contributed by atoms with Crippen LogP contribution in [-0.4, -0.2) is 12.4 Å². The maximum absolute atomic E-state index is 15.1. The summed E-state index contributed by atoms with van der Waals surface area (Å²) in [5, 5.41) is 0. The van der Waals surface area contributed by atoms with Gasteiger partial charge in [-0.05, 0) is 99.5 Å². The van der Waals surface area contributed by atoms with Crippen molar-refractivity contribution in [2.45, 2.75) is 89.4 Å². The number of hydrogen-bond acceptors (Lipinski definition) is 2. The molecule has 0 unspecified atom stereocenters. The van der Waals surface area contributed by atoms with E-state index in [1.54, 1.807) is 6.07 Å². The van der Waals surface area contributed by atoms with E-state index in [-0.39, 0.29) is 17.5 Å². The van der Waals surface area contributed by atoms with E-state index in [1.807, 2.05) is 6.07 Å². The van der Waals surface area contributed by atoms with Crippen LogP contribution in [0.15, 0.2) is 12.1 Å². The average molecular weight is 411 g/mol. The van der Waals surface area contributed by atoms with Crippen LogP contribution in [-0.2, 0) is 0 Å². The molecule has 6 aliphatic rings. The lowest BCUT2D eigenvalue weighted by Crippen LogP contribution is -2.48. The van der Waals surface area contributed by atoms with Gasteiger partial charge < -0.3 is 4.74 Å². The predicted molar refractivity (Wildman–Crippen MR) is 115 cm³/mol. The first-order valence-corrected chi connectivity index (χ1v) is 12.6. The molecule has 1 aromatic carbocycles. The molecule has 6 saturated carbocycles. The van der Waals surface area contributed by atoms with E-state index >= 15 is 4.39 Å². The van der Waals surface area contributed by atoms with Crippen LogP contribution >= 0.6 is 0 Å². The Morgan fingerprint density at radius 3 is 2.17 bits per heavy atom. The van der Waals surface area contributed by atoms with Crippen LogP contribution in [0.2, 0.25) is 0 Å². The van der Waals surface area contributed by atoms with Crippen molar-refractivity contribution in [2.24, 2.45) is 29.1 Å². The second-order valence-corrected chi connectivity index (χ2v) is 11.5. The summed E-state index contributed by atoms with van der Waals surface area (Å²) in [6.45, 7) is 0.742. The van der Waals surface area contributed by atoms with Crippen molar-refractivity contribution in [1.29, 1.82) is 0 Å². The molecule has 0 N–H and O–H groups in total. The summed E-state index contributed by atoms with van der Waals surface area (Å²) >= 11 is 0. The van der Waals surface area contributed by atoms with E-state index in [0.717, 1.165) is 74.2 Å². The Morgan fingerprint density at radius 1 is 0.933 bits per heavy atom. The van der Waals surface area contributed by atoms with E-state index in [1.165, 1.54) is 44.9 Å². The molecule has 0 aliphatic heterocycles. The van der Waals surface area contributed by atoms with Crippen molar-refractivity contribution in [3.63, 3.8) is 0 Å². The summed E-state index contributed by atoms with van der Waals surface area (Å²) in [6, 6.07) is 3.43. The van der Waals surface area contributed by atoms with Gasteiger partial charge in [0.15, 0.2) is 5.78 Å². The van der Waals surface area contributed by atoms with Gasteiger partial charge in [-0.2, -0.15) is 0 Å². The number of halogens is 1. The van der Waals surface area contributed by atoms with Gasteiger partial charge in [0.1, 0.15) is 11.6 Å². The number of carbonyl (C=O) groups excluding carboxylic acids is 1. The Balaban J connectivity index is 1.23. The number of Topliss-reactive ketones (excluding diaryl/α,β-unsaturated/α-hetero) is 1. The minimum atomic E-state index is -0.365. The van der Waals surface area contributed by atoms with Gasteiger partial charge in [0.2, 0.25) is 0 Å². The largest absolute Gasteiger partial charge is 0.493 e. The highest BCUT2D eigenvalue weighted by Crippen LogP contribution is 2.60. The van der Waals surface area contributed by atoms with Crippen molar-refractivity contribution in [3.8, 4) is 5.75 Å². The van der Waals surface area contributed by atoms with E-state index in [2.05, 4.69) is 0 Å². The van der Waals surface area contributed by atoms with Gasteiger partial charge in [0.05, 0.1) is 12.2 Å². The van der Waals surface area contributed by atoms with Crippen LogP contribution in [0.25, 0.3) is 0 Å². The number of rotatable bonds is 6. The molecule has 30 heavy (non-hydrogen) atoms. The van der Waals surface area contributed by atoms with Crippen LogP contribution in [0.1, 0.15) is 105 Å². The Kier molecular flexibility index (Phi) is 4.73. The lowest BCUT2D eigenvalue weighted by atomic mass is 9.50.